The number of alkyl halides is 3. The van der Waals surface area contributed by atoms with Crippen molar-refractivity contribution < 1.29 is 27.4 Å². The number of aliphatic imine (C=N–C) groups is 1. The SMILES string of the molecule is COC(=O)CCCCCCN=C(N)Nc1ccccc1OC(F)(F)F. The second-order valence-electron chi connectivity index (χ2n) is 5.18. The molecule has 0 aliphatic heterocycles. The Labute approximate surface area is 144 Å². The molecule has 3 N–H and O–H groups in total. The number of ether oxygens (including phenoxy) is 2. The van der Waals surface area contributed by atoms with Crippen LogP contribution < -0.4 is 15.8 Å². The summed E-state index contributed by atoms with van der Waals surface area (Å²) in [6.45, 7) is 0.430. The van der Waals surface area contributed by atoms with Crippen LogP contribution in [0.25, 0.3) is 0 Å². The fourth-order valence-corrected chi connectivity index (χ4v) is 2.00. The summed E-state index contributed by atoms with van der Waals surface area (Å²) in [7, 11) is 1.35. The highest BCUT2D eigenvalue weighted by molar-refractivity contribution is 5.93. The van der Waals surface area contributed by atoms with E-state index in [-0.39, 0.29) is 23.4 Å². The number of hydrogen-bond donors (Lipinski definition) is 2. The van der Waals surface area contributed by atoms with Crippen molar-refractivity contribution in [3.05, 3.63) is 24.3 Å². The van der Waals surface area contributed by atoms with Crippen LogP contribution >= 0.6 is 0 Å². The van der Waals surface area contributed by atoms with Crippen LogP contribution in [-0.4, -0.2) is 31.9 Å². The predicted molar refractivity (Wildman–Crippen MR) is 88.3 cm³/mol. The largest absolute Gasteiger partial charge is 0.573 e. The highest BCUT2D eigenvalue weighted by Gasteiger charge is 2.32. The van der Waals surface area contributed by atoms with Crippen molar-refractivity contribution >= 4 is 17.6 Å². The van der Waals surface area contributed by atoms with Gasteiger partial charge >= 0.3 is 12.3 Å². The Morgan fingerprint density at radius 1 is 1.20 bits per heavy atom. The third-order valence-electron chi connectivity index (χ3n) is 3.17. The molecule has 25 heavy (non-hydrogen) atoms. The van der Waals surface area contributed by atoms with E-state index in [0.717, 1.165) is 25.7 Å². The van der Waals surface area contributed by atoms with Crippen molar-refractivity contribution in [2.24, 2.45) is 10.7 Å². The number of carbonyl (C=O) groups is 1. The van der Waals surface area contributed by atoms with Crippen molar-refractivity contribution in [2.45, 2.75) is 38.5 Å². The summed E-state index contributed by atoms with van der Waals surface area (Å²) >= 11 is 0. The minimum Gasteiger partial charge on any atom is -0.469 e. The first-order valence-electron chi connectivity index (χ1n) is 7.80. The molecule has 9 heteroatoms. The molecule has 0 spiro atoms. The number of unbranched alkanes of at least 4 members (excludes halogenated alkanes) is 3. The summed E-state index contributed by atoms with van der Waals surface area (Å²) in [6, 6.07) is 5.58. The number of guanidine groups is 1. The normalized spacial score (nSPS) is 11.9. The van der Waals surface area contributed by atoms with Crippen molar-refractivity contribution in [1.82, 2.24) is 0 Å². The van der Waals surface area contributed by atoms with Gasteiger partial charge in [-0.2, -0.15) is 0 Å². The maximum Gasteiger partial charge on any atom is 0.573 e. The van der Waals surface area contributed by atoms with Crippen molar-refractivity contribution in [2.75, 3.05) is 19.0 Å². The van der Waals surface area contributed by atoms with E-state index in [9.17, 15) is 18.0 Å². The van der Waals surface area contributed by atoms with Crippen LogP contribution in [0, 0.1) is 0 Å². The monoisotopic (exact) mass is 361 g/mol. The number of halogens is 3. The van der Waals surface area contributed by atoms with Gasteiger partial charge in [0.2, 0.25) is 0 Å². The van der Waals surface area contributed by atoms with E-state index in [2.05, 4.69) is 19.8 Å². The molecule has 1 aromatic carbocycles. The van der Waals surface area contributed by atoms with E-state index in [1.165, 1.54) is 25.3 Å². The topological polar surface area (TPSA) is 85.9 Å². The Hall–Kier alpha value is -2.45. The standard InChI is InChI=1S/C16H22F3N3O3/c1-24-14(23)10-4-2-3-7-11-21-15(20)22-12-8-5-6-9-13(12)25-16(17,18)19/h5-6,8-9H,2-4,7,10-11H2,1H3,(H3,20,21,22). The van der Waals surface area contributed by atoms with Crippen LogP contribution in [0.4, 0.5) is 18.9 Å². The summed E-state index contributed by atoms with van der Waals surface area (Å²) < 4.78 is 45.5. The van der Waals surface area contributed by atoms with E-state index in [1.807, 2.05) is 0 Å². The number of carbonyl (C=O) groups excluding carboxylic acids is 1. The number of anilines is 1. The van der Waals surface area contributed by atoms with Crippen LogP contribution in [0.2, 0.25) is 0 Å². The minimum absolute atomic E-state index is 0.00721. The van der Waals surface area contributed by atoms with E-state index in [4.69, 9.17) is 5.73 Å². The maximum absolute atomic E-state index is 12.3. The number of nitrogens with two attached hydrogens (primary N) is 1. The van der Waals surface area contributed by atoms with Crippen LogP contribution in [0.3, 0.4) is 0 Å². The molecule has 0 aliphatic carbocycles. The van der Waals surface area contributed by atoms with Gasteiger partial charge in [-0.25, -0.2) is 0 Å². The molecule has 0 radical (unpaired) electrons. The number of benzene rings is 1. The molecular formula is C16H22F3N3O3. The quantitative estimate of drug-likeness (QED) is 0.305. The summed E-state index contributed by atoms with van der Waals surface area (Å²) in [5.74, 6) is -0.602. The summed E-state index contributed by atoms with van der Waals surface area (Å²) in [6.07, 6.45) is -1.17. The molecule has 0 saturated carbocycles. The lowest BCUT2D eigenvalue weighted by molar-refractivity contribution is -0.274. The molecule has 1 rings (SSSR count). The van der Waals surface area contributed by atoms with E-state index < -0.39 is 6.36 Å². The first-order valence-corrected chi connectivity index (χ1v) is 7.80. The van der Waals surface area contributed by atoms with E-state index in [1.54, 1.807) is 6.07 Å². The molecule has 0 heterocycles. The van der Waals surface area contributed by atoms with Gasteiger partial charge in [0.25, 0.3) is 0 Å². The Bertz CT molecular complexity index is 577. The third-order valence-corrected chi connectivity index (χ3v) is 3.17. The first kappa shape index (κ1) is 20.6. The summed E-state index contributed by atoms with van der Waals surface area (Å²) in [4.78, 5) is 15.0. The maximum atomic E-state index is 12.3. The molecule has 1 aromatic rings. The zero-order chi connectivity index (χ0) is 18.7. The molecule has 0 unspecified atom stereocenters. The molecule has 0 saturated heterocycles. The van der Waals surface area contributed by atoms with Gasteiger partial charge in [0.05, 0.1) is 12.8 Å². The van der Waals surface area contributed by atoms with Crippen molar-refractivity contribution in [1.29, 1.82) is 0 Å². The smallest absolute Gasteiger partial charge is 0.469 e. The zero-order valence-electron chi connectivity index (χ0n) is 13.9. The van der Waals surface area contributed by atoms with Gasteiger partial charge in [-0.05, 0) is 25.0 Å². The molecule has 0 aromatic heterocycles. The van der Waals surface area contributed by atoms with E-state index in [0.29, 0.717) is 13.0 Å². The lowest BCUT2D eigenvalue weighted by Gasteiger charge is -2.14. The van der Waals surface area contributed by atoms with Gasteiger partial charge < -0.3 is 20.5 Å². The lowest BCUT2D eigenvalue weighted by Crippen LogP contribution is -2.24. The fourth-order valence-electron chi connectivity index (χ4n) is 2.00. The molecule has 140 valence electrons. The van der Waals surface area contributed by atoms with Crippen LogP contribution in [-0.2, 0) is 9.53 Å². The highest BCUT2D eigenvalue weighted by atomic mass is 19.4. The van der Waals surface area contributed by atoms with E-state index >= 15 is 0 Å². The minimum atomic E-state index is -4.78. The summed E-state index contributed by atoms with van der Waals surface area (Å²) in [5.41, 5.74) is 5.76. The molecule has 0 bridgehead atoms. The molecule has 0 fully saturated rings. The van der Waals surface area contributed by atoms with Gasteiger partial charge in [0.15, 0.2) is 11.7 Å². The number of nitrogens with zero attached hydrogens (tertiary/aromatic N) is 1. The van der Waals surface area contributed by atoms with Gasteiger partial charge in [-0.3, -0.25) is 9.79 Å². The third kappa shape index (κ3) is 9.43. The van der Waals surface area contributed by atoms with Crippen molar-refractivity contribution in [3.63, 3.8) is 0 Å². The van der Waals surface area contributed by atoms with Gasteiger partial charge in [0.1, 0.15) is 0 Å². The lowest BCUT2D eigenvalue weighted by atomic mass is 10.1. The van der Waals surface area contributed by atoms with Gasteiger partial charge in [0, 0.05) is 13.0 Å². The van der Waals surface area contributed by atoms with Crippen LogP contribution in [0.15, 0.2) is 29.3 Å². The van der Waals surface area contributed by atoms with Gasteiger partial charge in [-0.15, -0.1) is 13.2 Å². The Morgan fingerprint density at radius 3 is 2.56 bits per heavy atom. The van der Waals surface area contributed by atoms with Crippen LogP contribution in [0.5, 0.6) is 5.75 Å². The molecular weight excluding hydrogens is 339 g/mol. The Morgan fingerprint density at radius 2 is 1.88 bits per heavy atom. The molecule has 0 atom stereocenters. The van der Waals surface area contributed by atoms with Gasteiger partial charge in [-0.1, -0.05) is 25.0 Å². The number of rotatable bonds is 9. The number of esters is 1. The predicted octanol–water partition coefficient (Wildman–Crippen LogP) is 3.44. The highest BCUT2D eigenvalue weighted by Crippen LogP contribution is 2.29. The number of para-hydroxylation sites is 2. The summed E-state index contributed by atoms with van der Waals surface area (Å²) in [5, 5.41) is 2.60. The zero-order valence-corrected chi connectivity index (χ0v) is 13.9. The Balaban J connectivity index is 2.37. The Kier molecular flexibility index (Phi) is 8.59. The van der Waals surface area contributed by atoms with Crippen LogP contribution in [0.1, 0.15) is 32.1 Å². The molecule has 6 nitrogen and oxygen atoms in total. The fraction of sp³-hybridized carbons (Fsp3) is 0.500. The second-order valence-corrected chi connectivity index (χ2v) is 5.18. The molecule has 0 amide bonds. The number of hydrogen-bond acceptors (Lipinski definition) is 4. The average Bonchev–Trinajstić information content (AvgIpc) is 2.54. The van der Waals surface area contributed by atoms with Crippen molar-refractivity contribution in [3.8, 4) is 5.75 Å². The number of methoxy groups -OCH3 is 1. The molecule has 0 aliphatic rings. The first-order chi connectivity index (χ1) is 11.8. The second kappa shape index (κ2) is 10.4. The average molecular weight is 361 g/mol. The number of nitrogens with one attached hydrogen (secondary N) is 1.